The van der Waals surface area contributed by atoms with Crippen molar-refractivity contribution >= 4 is 61.3 Å². The zero-order chi connectivity index (χ0) is 26.1. The van der Waals surface area contributed by atoms with Crippen LogP contribution in [0.25, 0.3) is 33.5 Å². The van der Waals surface area contributed by atoms with Crippen LogP contribution in [0.2, 0.25) is 5.02 Å². The first-order valence-corrected chi connectivity index (χ1v) is 12.0. The Morgan fingerprint density at radius 1 is 1.22 bits per heavy atom. The fraction of sp³-hybridized carbons (Fsp3) is 0.0385. The van der Waals surface area contributed by atoms with Crippen LogP contribution in [0, 0.1) is 10.1 Å². The summed E-state index contributed by atoms with van der Waals surface area (Å²) in [6.45, 7) is 3.65. The minimum atomic E-state index is -0.560. The van der Waals surface area contributed by atoms with Crippen LogP contribution in [0.3, 0.4) is 0 Å². The molecule has 5 rings (SSSR count). The molecule has 0 amide bonds. The number of hydrogen-bond acceptors (Lipinski definition) is 7. The molecular weight excluding hydrogens is 564 g/mol. The summed E-state index contributed by atoms with van der Waals surface area (Å²) < 4.78 is 12.8. The molecule has 0 spiro atoms. The molecule has 0 N–H and O–H groups in total. The highest BCUT2D eigenvalue weighted by Gasteiger charge is 2.21. The Morgan fingerprint density at radius 2 is 2.03 bits per heavy atom. The number of nitro benzene ring substituents is 1. The fourth-order valence-corrected chi connectivity index (χ4v) is 4.50. The van der Waals surface area contributed by atoms with Gasteiger partial charge < -0.3 is 9.15 Å². The van der Waals surface area contributed by atoms with Crippen LogP contribution >= 0.6 is 27.5 Å². The second kappa shape index (κ2) is 10.00. The normalized spacial score (nSPS) is 11.4. The van der Waals surface area contributed by atoms with Gasteiger partial charge in [0.2, 0.25) is 11.6 Å². The van der Waals surface area contributed by atoms with Crippen molar-refractivity contribution < 1.29 is 14.1 Å². The molecule has 0 atom stereocenters. The number of rotatable bonds is 7. The molecule has 0 saturated heterocycles. The Kier molecular flexibility index (Phi) is 6.60. The Bertz CT molecular complexity index is 1790. The first-order valence-electron chi connectivity index (χ1n) is 10.8. The number of furan rings is 1. The van der Waals surface area contributed by atoms with Crippen LogP contribution in [0.1, 0.15) is 5.56 Å². The molecule has 9 nitrogen and oxygen atoms in total. The minimum absolute atomic E-state index is 0.0632. The third-order valence-corrected chi connectivity index (χ3v) is 6.19. The van der Waals surface area contributed by atoms with Crippen LogP contribution in [0.15, 0.2) is 92.1 Å². The first kappa shape index (κ1) is 24.4. The molecule has 0 unspecified atom stereocenters. The Morgan fingerprint density at radius 3 is 2.81 bits per heavy atom. The van der Waals surface area contributed by atoms with Crippen molar-refractivity contribution in [3.8, 4) is 17.3 Å². The third kappa shape index (κ3) is 4.76. The maximum absolute atomic E-state index is 13.4. The molecule has 0 radical (unpaired) electrons. The molecule has 2 aromatic heterocycles. The standard InChI is InChI=1S/C26H16BrClN4O5/c1-2-9-36-24-19(27)10-15(11-21(24)32(34)35)14-29-31-25(30-20-6-4-3-5-18(20)26(31)33)23-13-16-12-17(28)7-8-22(16)37-23/h2-8,10-14H,1,9H2. The number of halogens is 2. The molecule has 0 aliphatic heterocycles. The molecule has 0 aliphatic rings. The number of aromatic nitrogens is 2. The van der Waals surface area contributed by atoms with E-state index in [1.54, 1.807) is 54.6 Å². The number of benzene rings is 3. The number of fused-ring (bicyclic) bond motifs is 2. The molecular formula is C26H16BrClN4O5. The lowest BCUT2D eigenvalue weighted by atomic mass is 10.2. The highest BCUT2D eigenvalue weighted by Crippen LogP contribution is 2.36. The first-order chi connectivity index (χ1) is 17.9. The van der Waals surface area contributed by atoms with Crippen molar-refractivity contribution in [3.63, 3.8) is 0 Å². The van der Waals surface area contributed by atoms with Gasteiger partial charge in [0.25, 0.3) is 5.56 Å². The van der Waals surface area contributed by atoms with Gasteiger partial charge in [0.05, 0.1) is 26.5 Å². The summed E-state index contributed by atoms with van der Waals surface area (Å²) in [7, 11) is 0. The van der Waals surface area contributed by atoms with Gasteiger partial charge in [-0.05, 0) is 58.4 Å². The Hall–Kier alpha value is -4.28. The van der Waals surface area contributed by atoms with E-state index in [2.05, 4.69) is 32.6 Å². The fourth-order valence-electron chi connectivity index (χ4n) is 3.73. The van der Waals surface area contributed by atoms with Gasteiger partial charge in [-0.15, -0.1) is 0 Å². The van der Waals surface area contributed by atoms with Gasteiger partial charge in [-0.25, -0.2) is 4.98 Å². The monoisotopic (exact) mass is 578 g/mol. The van der Waals surface area contributed by atoms with Gasteiger partial charge >= 0.3 is 5.69 Å². The van der Waals surface area contributed by atoms with E-state index in [-0.39, 0.29) is 23.9 Å². The van der Waals surface area contributed by atoms with E-state index >= 15 is 0 Å². The SMILES string of the molecule is C=CCOc1c(Br)cc(C=Nn2c(-c3cc4cc(Cl)ccc4o3)nc3ccccc3c2=O)cc1[N+](=O)[O-]. The number of para-hydroxylation sites is 1. The lowest BCUT2D eigenvalue weighted by Crippen LogP contribution is -2.20. The molecule has 0 bridgehead atoms. The smallest absolute Gasteiger partial charge is 0.312 e. The van der Waals surface area contributed by atoms with Gasteiger partial charge in [-0.1, -0.05) is 36.4 Å². The average molecular weight is 580 g/mol. The molecule has 0 fully saturated rings. The van der Waals surface area contributed by atoms with E-state index in [0.717, 1.165) is 10.1 Å². The lowest BCUT2D eigenvalue weighted by Gasteiger charge is -2.09. The summed E-state index contributed by atoms with van der Waals surface area (Å²) in [4.78, 5) is 29.1. The molecule has 184 valence electrons. The van der Waals surface area contributed by atoms with Crippen LogP contribution in [-0.2, 0) is 0 Å². The third-order valence-electron chi connectivity index (χ3n) is 5.36. The predicted octanol–water partition coefficient (Wildman–Crippen LogP) is 6.58. The summed E-state index contributed by atoms with van der Waals surface area (Å²) in [5.74, 6) is 0.526. The van der Waals surface area contributed by atoms with Crippen molar-refractivity contribution in [2.45, 2.75) is 0 Å². The Labute approximate surface area is 222 Å². The molecule has 5 aromatic rings. The maximum atomic E-state index is 13.4. The highest BCUT2D eigenvalue weighted by molar-refractivity contribution is 9.10. The van der Waals surface area contributed by atoms with Crippen molar-refractivity contribution in [3.05, 3.63) is 109 Å². The average Bonchev–Trinajstić information content (AvgIpc) is 3.30. The van der Waals surface area contributed by atoms with E-state index in [9.17, 15) is 14.9 Å². The van der Waals surface area contributed by atoms with Crippen molar-refractivity contribution in [2.75, 3.05) is 6.61 Å². The molecule has 0 saturated carbocycles. The predicted molar refractivity (Wildman–Crippen MR) is 146 cm³/mol. The summed E-state index contributed by atoms with van der Waals surface area (Å²) in [5, 5.41) is 17.6. The number of hydrogen-bond donors (Lipinski definition) is 0. The van der Waals surface area contributed by atoms with Crippen molar-refractivity contribution in [1.82, 2.24) is 9.66 Å². The zero-order valence-electron chi connectivity index (χ0n) is 18.9. The van der Waals surface area contributed by atoms with E-state index in [1.807, 2.05) is 0 Å². The maximum Gasteiger partial charge on any atom is 0.312 e. The van der Waals surface area contributed by atoms with E-state index in [1.165, 1.54) is 18.4 Å². The summed E-state index contributed by atoms with van der Waals surface area (Å²) in [5.41, 5.74) is 0.680. The number of nitro groups is 1. The molecule has 37 heavy (non-hydrogen) atoms. The van der Waals surface area contributed by atoms with Gasteiger partial charge in [0.15, 0.2) is 5.76 Å². The lowest BCUT2D eigenvalue weighted by molar-refractivity contribution is -0.385. The second-order valence-corrected chi connectivity index (χ2v) is 9.11. The highest BCUT2D eigenvalue weighted by atomic mass is 79.9. The van der Waals surface area contributed by atoms with E-state index < -0.39 is 10.5 Å². The number of ether oxygens (including phenoxy) is 1. The van der Waals surface area contributed by atoms with Gasteiger partial charge in [-0.2, -0.15) is 9.78 Å². The van der Waals surface area contributed by atoms with E-state index in [0.29, 0.717) is 37.3 Å². The summed E-state index contributed by atoms with van der Waals surface area (Å²) in [6.07, 6.45) is 2.81. The van der Waals surface area contributed by atoms with Gasteiger partial charge in [0, 0.05) is 22.0 Å². The van der Waals surface area contributed by atoms with Crippen LogP contribution in [0.4, 0.5) is 5.69 Å². The van der Waals surface area contributed by atoms with Crippen LogP contribution in [0.5, 0.6) is 5.75 Å². The molecule has 2 heterocycles. The van der Waals surface area contributed by atoms with Crippen LogP contribution in [-0.4, -0.2) is 27.4 Å². The van der Waals surface area contributed by atoms with Gasteiger partial charge in [-0.3, -0.25) is 14.9 Å². The van der Waals surface area contributed by atoms with E-state index in [4.69, 9.17) is 20.8 Å². The number of nitrogens with zero attached hydrogens (tertiary/aromatic N) is 4. The topological polar surface area (TPSA) is 113 Å². The summed E-state index contributed by atoms with van der Waals surface area (Å²) >= 11 is 9.43. The quantitative estimate of drug-likeness (QED) is 0.0931. The Balaban J connectivity index is 1.67. The van der Waals surface area contributed by atoms with Crippen molar-refractivity contribution in [1.29, 1.82) is 0 Å². The van der Waals surface area contributed by atoms with Crippen molar-refractivity contribution in [2.24, 2.45) is 5.10 Å². The summed E-state index contributed by atoms with van der Waals surface area (Å²) in [6, 6.07) is 16.6. The van der Waals surface area contributed by atoms with Crippen LogP contribution < -0.4 is 10.3 Å². The van der Waals surface area contributed by atoms with Gasteiger partial charge in [0.1, 0.15) is 12.2 Å². The molecule has 3 aromatic carbocycles. The molecule has 11 heteroatoms. The zero-order valence-corrected chi connectivity index (χ0v) is 21.3. The minimum Gasteiger partial charge on any atom is -0.482 e. The largest absolute Gasteiger partial charge is 0.482 e. The second-order valence-electron chi connectivity index (χ2n) is 7.81. The molecule has 0 aliphatic carbocycles.